The largest absolute Gasteiger partial charge is 0.477 e. The van der Waals surface area contributed by atoms with Crippen molar-refractivity contribution in [1.82, 2.24) is 0 Å². The average Bonchev–Trinajstić information content (AvgIpc) is 3.08. The summed E-state index contributed by atoms with van der Waals surface area (Å²) in [5, 5.41) is 9.58. The predicted octanol–water partition coefficient (Wildman–Crippen LogP) is 10.5. The van der Waals surface area contributed by atoms with Gasteiger partial charge in [0, 0.05) is 19.3 Å². The average molecular weight is 719 g/mol. The Morgan fingerprint density at radius 2 is 1.08 bits per heavy atom. The zero-order chi connectivity index (χ0) is 37.8. The number of allylic oxidation sites excluding steroid dienone is 8. The van der Waals surface area contributed by atoms with Crippen molar-refractivity contribution >= 4 is 17.9 Å². The van der Waals surface area contributed by atoms with Crippen LogP contribution >= 0.6 is 0 Å². The highest BCUT2D eigenvalue weighted by Gasteiger charge is 2.31. The minimum atomic E-state index is -0.885. The molecule has 0 spiro atoms. The molecule has 0 aromatic heterocycles. The Morgan fingerprint density at radius 3 is 1.65 bits per heavy atom. The van der Waals surface area contributed by atoms with Crippen LogP contribution < -0.4 is 0 Å². The van der Waals surface area contributed by atoms with Crippen molar-refractivity contribution in [3.63, 3.8) is 0 Å². The number of carbonyl (C=O) groups is 3. The molecule has 0 bridgehead atoms. The van der Waals surface area contributed by atoms with Crippen LogP contribution in [0.4, 0.5) is 0 Å². The van der Waals surface area contributed by atoms with Crippen molar-refractivity contribution in [2.75, 3.05) is 41.0 Å². The summed E-state index contributed by atoms with van der Waals surface area (Å²) in [5.41, 5.74) is 0. The number of rotatable bonds is 35. The molecule has 0 radical (unpaired) electrons. The maximum atomic E-state index is 12.6. The molecule has 0 heterocycles. The van der Waals surface area contributed by atoms with Gasteiger partial charge in [0.2, 0.25) is 0 Å². The van der Waals surface area contributed by atoms with Crippen LogP contribution in [0.25, 0.3) is 0 Å². The van der Waals surface area contributed by atoms with E-state index in [-0.39, 0.29) is 42.7 Å². The van der Waals surface area contributed by atoms with Gasteiger partial charge >= 0.3 is 17.9 Å². The predicted molar refractivity (Wildman–Crippen MR) is 211 cm³/mol. The number of carboxylic acids is 1. The van der Waals surface area contributed by atoms with E-state index in [9.17, 15) is 19.5 Å². The van der Waals surface area contributed by atoms with Gasteiger partial charge in [-0.1, -0.05) is 127 Å². The first-order valence-electron chi connectivity index (χ1n) is 20.2. The normalized spacial score (nSPS) is 13.5. The molecule has 8 nitrogen and oxygen atoms in total. The fourth-order valence-electron chi connectivity index (χ4n) is 5.57. The quantitative estimate of drug-likeness (QED) is 0.0229. The van der Waals surface area contributed by atoms with Gasteiger partial charge in [-0.25, -0.2) is 4.79 Å². The lowest BCUT2D eigenvalue weighted by molar-refractivity contribution is -0.887. The van der Waals surface area contributed by atoms with Crippen LogP contribution in [0.1, 0.15) is 155 Å². The standard InChI is InChI=1S/C43H75NO7/c1-6-8-10-12-14-16-17-18-19-20-21-22-23-24-26-27-29-31-33-41(45)50-38-39(37-49-36-35-40(43(47)48)44(3,4)5)51-42(46)34-32-30-28-25-15-13-11-9-7-2/h17-22,25,28,39-40H,6-16,23-24,26-27,29-38H2,1-5H3/p+1/b18-17+,20-19+,22-21+,28-25+. The highest BCUT2D eigenvalue weighted by Crippen LogP contribution is 2.12. The Labute approximate surface area is 312 Å². The van der Waals surface area contributed by atoms with E-state index in [1.54, 1.807) is 0 Å². The minimum Gasteiger partial charge on any atom is -0.477 e. The molecule has 0 aliphatic carbocycles. The Hall–Kier alpha value is -2.71. The SMILES string of the molecule is CCCCCC/C=C/CCCC(=O)OC(COCCC(C(=O)O)[N+](C)(C)C)COC(=O)CCCCCCC/C=C/C=C/C=C/CCCCCCC. The summed E-state index contributed by atoms with van der Waals surface area (Å²) in [6.45, 7) is 4.61. The molecule has 51 heavy (non-hydrogen) atoms. The molecule has 8 heteroatoms. The highest BCUT2D eigenvalue weighted by molar-refractivity contribution is 5.72. The van der Waals surface area contributed by atoms with Crippen molar-refractivity contribution in [2.24, 2.45) is 0 Å². The van der Waals surface area contributed by atoms with Crippen molar-refractivity contribution in [3.05, 3.63) is 48.6 Å². The third-order valence-electron chi connectivity index (χ3n) is 8.76. The summed E-state index contributed by atoms with van der Waals surface area (Å²) in [4.78, 5) is 36.7. The Kier molecular flexibility index (Phi) is 32.6. The summed E-state index contributed by atoms with van der Waals surface area (Å²) < 4.78 is 17.1. The molecule has 0 aliphatic heterocycles. The minimum absolute atomic E-state index is 0.0420. The fourth-order valence-corrected chi connectivity index (χ4v) is 5.57. The van der Waals surface area contributed by atoms with Crippen molar-refractivity contribution in [3.8, 4) is 0 Å². The smallest absolute Gasteiger partial charge is 0.362 e. The van der Waals surface area contributed by atoms with Gasteiger partial charge in [0.1, 0.15) is 6.61 Å². The van der Waals surface area contributed by atoms with Crippen LogP contribution in [-0.4, -0.2) is 80.6 Å². The monoisotopic (exact) mass is 719 g/mol. The molecule has 0 aromatic carbocycles. The van der Waals surface area contributed by atoms with E-state index in [0.29, 0.717) is 19.3 Å². The Morgan fingerprint density at radius 1 is 0.588 bits per heavy atom. The topological polar surface area (TPSA) is 99.1 Å². The van der Waals surface area contributed by atoms with E-state index in [2.05, 4.69) is 62.5 Å². The number of carboxylic acid groups (broad SMARTS) is 1. The van der Waals surface area contributed by atoms with Crippen LogP contribution in [-0.2, 0) is 28.6 Å². The van der Waals surface area contributed by atoms with E-state index >= 15 is 0 Å². The molecule has 0 saturated heterocycles. The summed E-state index contributed by atoms with van der Waals surface area (Å²) in [5.74, 6) is -1.54. The number of carbonyl (C=O) groups excluding carboxylic acids is 2. The van der Waals surface area contributed by atoms with Gasteiger partial charge < -0.3 is 23.8 Å². The van der Waals surface area contributed by atoms with Gasteiger partial charge in [-0.2, -0.15) is 0 Å². The molecule has 0 saturated carbocycles. The molecule has 294 valence electrons. The molecule has 0 fully saturated rings. The number of likely N-dealkylation sites (N-methyl/N-ethyl adjacent to an activating group) is 1. The summed E-state index contributed by atoms with van der Waals surface area (Å²) in [6, 6.07) is -0.621. The Bertz CT molecular complexity index is 979. The summed E-state index contributed by atoms with van der Waals surface area (Å²) in [6.07, 6.45) is 38.8. The zero-order valence-corrected chi connectivity index (χ0v) is 33.3. The highest BCUT2D eigenvalue weighted by atomic mass is 16.6. The molecule has 1 N–H and O–H groups in total. The molecule has 0 rings (SSSR count). The molecule has 0 amide bonds. The van der Waals surface area contributed by atoms with Gasteiger partial charge in [-0.15, -0.1) is 0 Å². The van der Waals surface area contributed by atoms with Crippen molar-refractivity contribution in [2.45, 2.75) is 167 Å². The number of hydrogen-bond donors (Lipinski definition) is 1. The van der Waals surface area contributed by atoms with Crippen LogP contribution in [0, 0.1) is 0 Å². The second kappa shape index (κ2) is 34.4. The number of quaternary nitrogens is 1. The molecular formula is C43H76NO7+. The van der Waals surface area contributed by atoms with Crippen molar-refractivity contribution < 1.29 is 38.2 Å². The van der Waals surface area contributed by atoms with E-state index in [0.717, 1.165) is 57.8 Å². The number of ether oxygens (including phenoxy) is 3. The van der Waals surface area contributed by atoms with Gasteiger partial charge in [0.15, 0.2) is 12.1 Å². The third-order valence-corrected chi connectivity index (χ3v) is 8.76. The molecular weight excluding hydrogens is 642 g/mol. The van der Waals surface area contributed by atoms with Gasteiger partial charge in [0.25, 0.3) is 0 Å². The number of aliphatic carboxylic acids is 1. The molecule has 0 aliphatic rings. The van der Waals surface area contributed by atoms with Crippen LogP contribution in [0.15, 0.2) is 48.6 Å². The van der Waals surface area contributed by atoms with Crippen LogP contribution in [0.2, 0.25) is 0 Å². The second-order valence-electron chi connectivity index (χ2n) is 14.6. The van der Waals surface area contributed by atoms with E-state index in [1.165, 1.54) is 57.8 Å². The molecule has 2 unspecified atom stereocenters. The number of hydrogen-bond acceptors (Lipinski definition) is 6. The molecule has 2 atom stereocenters. The fraction of sp³-hybridized carbons (Fsp3) is 0.744. The van der Waals surface area contributed by atoms with Gasteiger partial charge in [-0.05, 0) is 57.8 Å². The first kappa shape index (κ1) is 48.3. The summed E-state index contributed by atoms with van der Waals surface area (Å²) >= 11 is 0. The van der Waals surface area contributed by atoms with Crippen LogP contribution in [0.5, 0.6) is 0 Å². The number of unbranched alkanes of at least 4 members (excludes halogenated alkanes) is 15. The van der Waals surface area contributed by atoms with E-state index in [4.69, 9.17) is 14.2 Å². The lowest BCUT2D eigenvalue weighted by atomic mass is 10.1. The lowest BCUT2D eigenvalue weighted by Crippen LogP contribution is -2.50. The third kappa shape index (κ3) is 32.9. The van der Waals surface area contributed by atoms with E-state index < -0.39 is 18.1 Å². The first-order valence-corrected chi connectivity index (χ1v) is 20.2. The first-order chi connectivity index (χ1) is 24.6. The lowest BCUT2D eigenvalue weighted by Gasteiger charge is -2.31. The number of esters is 2. The zero-order valence-electron chi connectivity index (χ0n) is 33.3. The maximum absolute atomic E-state index is 12.6. The number of nitrogens with zero attached hydrogens (tertiary/aromatic N) is 1. The van der Waals surface area contributed by atoms with Gasteiger partial charge in [0.05, 0.1) is 34.4 Å². The van der Waals surface area contributed by atoms with Crippen LogP contribution in [0.3, 0.4) is 0 Å². The summed E-state index contributed by atoms with van der Waals surface area (Å²) in [7, 11) is 5.50. The second-order valence-corrected chi connectivity index (χ2v) is 14.6. The van der Waals surface area contributed by atoms with E-state index in [1.807, 2.05) is 21.1 Å². The van der Waals surface area contributed by atoms with Crippen molar-refractivity contribution in [1.29, 1.82) is 0 Å². The molecule has 0 aromatic rings. The van der Waals surface area contributed by atoms with Gasteiger partial charge in [-0.3, -0.25) is 9.59 Å². The Balaban J connectivity index is 4.40. The maximum Gasteiger partial charge on any atom is 0.362 e.